The highest BCUT2D eigenvalue weighted by molar-refractivity contribution is 5.66. The van der Waals surface area contributed by atoms with Gasteiger partial charge < -0.3 is 9.84 Å². The molecule has 0 saturated heterocycles. The monoisotopic (exact) mass is 186 g/mol. The summed E-state index contributed by atoms with van der Waals surface area (Å²) in [6.07, 6.45) is 2.65. The second-order valence-corrected chi connectivity index (χ2v) is 3.17. The van der Waals surface area contributed by atoms with Gasteiger partial charge in [0, 0.05) is 13.0 Å². The summed E-state index contributed by atoms with van der Waals surface area (Å²) in [5.74, 6) is -0.734. The van der Waals surface area contributed by atoms with Crippen molar-refractivity contribution in [1.29, 1.82) is 0 Å². The minimum Gasteiger partial charge on any atom is -0.481 e. The van der Waals surface area contributed by atoms with Gasteiger partial charge in [-0.05, 0) is 26.2 Å². The lowest BCUT2D eigenvalue weighted by Gasteiger charge is -2.02. The number of ether oxygens (including phenoxy) is 1. The van der Waals surface area contributed by atoms with Crippen LogP contribution < -0.4 is 0 Å². The molecule has 76 valence electrons. The minimum atomic E-state index is -0.734. The molecule has 0 spiro atoms. The van der Waals surface area contributed by atoms with E-state index in [9.17, 15) is 4.79 Å². The average Bonchev–Trinajstić information content (AvgIpc) is 2.01. The Hall–Kier alpha value is -0.830. The zero-order chi connectivity index (χ0) is 10.1. The van der Waals surface area contributed by atoms with Crippen LogP contribution in [0.5, 0.6) is 0 Å². The summed E-state index contributed by atoms with van der Waals surface area (Å²) < 4.78 is 5.27. The van der Waals surface area contributed by atoms with Gasteiger partial charge in [0.2, 0.25) is 0 Å². The molecule has 0 unspecified atom stereocenters. The zero-order valence-corrected chi connectivity index (χ0v) is 8.21. The Morgan fingerprint density at radius 3 is 2.54 bits per heavy atom. The van der Waals surface area contributed by atoms with Gasteiger partial charge in [0.05, 0.1) is 6.61 Å². The van der Waals surface area contributed by atoms with E-state index >= 15 is 0 Å². The molecule has 0 aromatic heterocycles. The lowest BCUT2D eigenvalue weighted by molar-refractivity contribution is -0.137. The van der Waals surface area contributed by atoms with E-state index in [0.29, 0.717) is 19.6 Å². The van der Waals surface area contributed by atoms with Crippen molar-refractivity contribution in [3.8, 4) is 0 Å². The molecule has 3 heteroatoms. The van der Waals surface area contributed by atoms with E-state index in [1.165, 1.54) is 0 Å². The smallest absolute Gasteiger partial charge is 0.303 e. The van der Waals surface area contributed by atoms with Crippen LogP contribution in [0.3, 0.4) is 0 Å². The van der Waals surface area contributed by atoms with Crippen LogP contribution in [0.4, 0.5) is 0 Å². The van der Waals surface area contributed by atoms with Crippen molar-refractivity contribution in [3.05, 3.63) is 12.2 Å². The van der Waals surface area contributed by atoms with Crippen LogP contribution in [-0.2, 0) is 9.53 Å². The summed E-state index contributed by atoms with van der Waals surface area (Å²) in [6, 6.07) is 0. The van der Waals surface area contributed by atoms with Gasteiger partial charge >= 0.3 is 5.97 Å². The molecule has 0 heterocycles. The Bertz CT molecular complexity index is 146. The largest absolute Gasteiger partial charge is 0.481 e. The highest BCUT2D eigenvalue weighted by atomic mass is 16.5. The fourth-order valence-corrected chi connectivity index (χ4v) is 0.829. The molecule has 0 aromatic rings. The minimum absolute atomic E-state index is 0.240. The third-order valence-electron chi connectivity index (χ3n) is 1.60. The molecular formula is C10H18O3. The van der Waals surface area contributed by atoms with Gasteiger partial charge in [-0.1, -0.05) is 5.57 Å². The molecule has 0 atom stereocenters. The predicted octanol–water partition coefficient (Wildman–Crippen LogP) is 2.22. The van der Waals surface area contributed by atoms with E-state index in [-0.39, 0.29) is 6.42 Å². The Kier molecular flexibility index (Phi) is 7.30. The van der Waals surface area contributed by atoms with Crippen molar-refractivity contribution in [2.24, 2.45) is 0 Å². The van der Waals surface area contributed by atoms with E-state index in [2.05, 4.69) is 6.58 Å². The Morgan fingerprint density at radius 1 is 1.31 bits per heavy atom. The van der Waals surface area contributed by atoms with E-state index < -0.39 is 5.97 Å². The topological polar surface area (TPSA) is 46.5 Å². The lowest BCUT2D eigenvalue weighted by atomic mass is 10.2. The third kappa shape index (κ3) is 11.2. The molecule has 0 aliphatic carbocycles. The van der Waals surface area contributed by atoms with Crippen LogP contribution in [0.1, 0.15) is 32.6 Å². The molecule has 0 aromatic carbocycles. The average molecular weight is 186 g/mol. The molecule has 0 aliphatic rings. The summed E-state index contributed by atoms with van der Waals surface area (Å²) in [6.45, 7) is 7.07. The summed E-state index contributed by atoms with van der Waals surface area (Å²) in [4.78, 5) is 10.1. The molecule has 3 nitrogen and oxygen atoms in total. The molecule has 0 aliphatic heterocycles. The van der Waals surface area contributed by atoms with Crippen LogP contribution >= 0.6 is 0 Å². The SMILES string of the molecule is C=C(C)CCOCCCCC(=O)O. The second-order valence-electron chi connectivity index (χ2n) is 3.17. The molecule has 0 amide bonds. The number of aliphatic carboxylic acids is 1. The van der Waals surface area contributed by atoms with Crippen molar-refractivity contribution >= 4 is 5.97 Å². The summed E-state index contributed by atoms with van der Waals surface area (Å²) in [5.41, 5.74) is 1.12. The molecule has 0 fully saturated rings. The molecule has 0 rings (SSSR count). The van der Waals surface area contributed by atoms with E-state index in [4.69, 9.17) is 9.84 Å². The Labute approximate surface area is 79.4 Å². The Morgan fingerprint density at radius 2 is 2.00 bits per heavy atom. The van der Waals surface area contributed by atoms with E-state index in [0.717, 1.165) is 18.4 Å². The van der Waals surface area contributed by atoms with Gasteiger partial charge in [-0.2, -0.15) is 0 Å². The van der Waals surface area contributed by atoms with Crippen molar-refractivity contribution < 1.29 is 14.6 Å². The first kappa shape index (κ1) is 12.2. The van der Waals surface area contributed by atoms with Gasteiger partial charge in [-0.3, -0.25) is 4.79 Å². The number of hydrogen-bond acceptors (Lipinski definition) is 2. The third-order valence-corrected chi connectivity index (χ3v) is 1.60. The van der Waals surface area contributed by atoms with Crippen molar-refractivity contribution in [3.63, 3.8) is 0 Å². The van der Waals surface area contributed by atoms with Gasteiger partial charge in [0.15, 0.2) is 0 Å². The second kappa shape index (κ2) is 7.80. The zero-order valence-electron chi connectivity index (χ0n) is 8.21. The van der Waals surface area contributed by atoms with Crippen LogP contribution in [-0.4, -0.2) is 24.3 Å². The van der Waals surface area contributed by atoms with Gasteiger partial charge in [-0.15, -0.1) is 6.58 Å². The maximum absolute atomic E-state index is 10.1. The summed E-state index contributed by atoms with van der Waals surface area (Å²) in [7, 11) is 0. The van der Waals surface area contributed by atoms with Crippen LogP contribution in [0.25, 0.3) is 0 Å². The standard InChI is InChI=1S/C10H18O3/c1-9(2)6-8-13-7-4-3-5-10(11)12/h1,3-8H2,2H3,(H,11,12). The maximum Gasteiger partial charge on any atom is 0.303 e. The quantitative estimate of drug-likeness (QED) is 0.467. The van der Waals surface area contributed by atoms with Gasteiger partial charge in [-0.25, -0.2) is 0 Å². The summed E-state index contributed by atoms with van der Waals surface area (Å²) >= 11 is 0. The molecule has 13 heavy (non-hydrogen) atoms. The van der Waals surface area contributed by atoms with Gasteiger partial charge in [0.1, 0.15) is 0 Å². The first-order valence-corrected chi connectivity index (χ1v) is 4.57. The highest BCUT2D eigenvalue weighted by Crippen LogP contribution is 1.98. The molecule has 0 bridgehead atoms. The number of carbonyl (C=O) groups is 1. The highest BCUT2D eigenvalue weighted by Gasteiger charge is 1.96. The van der Waals surface area contributed by atoms with Crippen molar-refractivity contribution in [2.45, 2.75) is 32.6 Å². The number of unbranched alkanes of at least 4 members (excludes halogenated alkanes) is 1. The molecule has 1 N–H and O–H groups in total. The van der Waals surface area contributed by atoms with Crippen LogP contribution in [0, 0.1) is 0 Å². The summed E-state index contributed by atoms with van der Waals surface area (Å²) in [5, 5.41) is 8.34. The predicted molar refractivity (Wildman–Crippen MR) is 51.7 cm³/mol. The van der Waals surface area contributed by atoms with Crippen molar-refractivity contribution in [1.82, 2.24) is 0 Å². The van der Waals surface area contributed by atoms with Crippen molar-refractivity contribution in [2.75, 3.05) is 13.2 Å². The van der Waals surface area contributed by atoms with Gasteiger partial charge in [0.25, 0.3) is 0 Å². The number of carboxylic acid groups (broad SMARTS) is 1. The van der Waals surface area contributed by atoms with Crippen LogP contribution in [0.2, 0.25) is 0 Å². The molecule has 0 saturated carbocycles. The van der Waals surface area contributed by atoms with Crippen LogP contribution in [0.15, 0.2) is 12.2 Å². The normalized spacial score (nSPS) is 9.92. The fourth-order valence-electron chi connectivity index (χ4n) is 0.829. The maximum atomic E-state index is 10.1. The first-order chi connectivity index (χ1) is 6.13. The molecule has 0 radical (unpaired) electrons. The van der Waals surface area contributed by atoms with E-state index in [1.807, 2.05) is 6.92 Å². The number of carboxylic acids is 1. The fraction of sp³-hybridized carbons (Fsp3) is 0.700. The number of rotatable bonds is 8. The van der Waals surface area contributed by atoms with E-state index in [1.54, 1.807) is 0 Å². The number of hydrogen-bond donors (Lipinski definition) is 1. The first-order valence-electron chi connectivity index (χ1n) is 4.57. The Balaban J connectivity index is 3.00. The molecular weight excluding hydrogens is 168 g/mol. The lowest BCUT2D eigenvalue weighted by Crippen LogP contribution is -1.99.